The summed E-state index contributed by atoms with van der Waals surface area (Å²) in [5.41, 5.74) is 2.28. The van der Waals surface area contributed by atoms with E-state index in [4.69, 9.17) is 25.8 Å². The van der Waals surface area contributed by atoms with Gasteiger partial charge in [-0.05, 0) is 40.8 Å². The number of carbonyl (C=O) groups excluding carboxylic acids is 2. The summed E-state index contributed by atoms with van der Waals surface area (Å²) in [6.45, 7) is -0.422. The van der Waals surface area contributed by atoms with E-state index in [0.717, 1.165) is 16.2 Å². The molecule has 0 saturated carbocycles. The molecule has 4 rings (SSSR count). The van der Waals surface area contributed by atoms with E-state index in [2.05, 4.69) is 5.10 Å². The first-order valence-electron chi connectivity index (χ1n) is 10.5. The van der Waals surface area contributed by atoms with Gasteiger partial charge in [-0.2, -0.15) is 5.10 Å². The molecular weight excluding hydrogens is 476 g/mol. The molecule has 0 bridgehead atoms. The zero-order chi connectivity index (χ0) is 24.1. The highest BCUT2D eigenvalue weighted by Gasteiger charge is 2.34. The fourth-order valence-corrected chi connectivity index (χ4v) is 4.63. The molecule has 2 aromatic carbocycles. The Bertz CT molecular complexity index is 1210. The first kappa shape index (κ1) is 23.8. The van der Waals surface area contributed by atoms with Crippen LogP contribution in [0.3, 0.4) is 0 Å². The molecule has 2 heterocycles. The first-order valence-corrected chi connectivity index (χ1v) is 11.8. The van der Waals surface area contributed by atoms with Gasteiger partial charge in [-0.25, -0.2) is 5.01 Å². The van der Waals surface area contributed by atoms with Gasteiger partial charge < -0.3 is 14.2 Å². The Labute approximate surface area is 206 Å². The minimum absolute atomic E-state index is 0.0181. The van der Waals surface area contributed by atoms with Gasteiger partial charge in [-0.1, -0.05) is 41.9 Å². The molecule has 3 aromatic rings. The number of methoxy groups -OCH3 is 2. The SMILES string of the molecule is COc1ccc(C2CC(c3cccs3)=NN2C(=O)COC(=O)Cc2ccccc2Cl)cc1OC. The van der Waals surface area contributed by atoms with Crippen molar-refractivity contribution in [2.75, 3.05) is 20.8 Å². The lowest BCUT2D eigenvalue weighted by atomic mass is 10.0. The van der Waals surface area contributed by atoms with Crippen LogP contribution in [0.15, 0.2) is 65.1 Å². The predicted molar refractivity (Wildman–Crippen MR) is 131 cm³/mol. The monoisotopic (exact) mass is 498 g/mol. The normalized spacial score (nSPS) is 15.1. The maximum atomic E-state index is 13.1. The van der Waals surface area contributed by atoms with E-state index in [-0.39, 0.29) is 12.5 Å². The zero-order valence-corrected chi connectivity index (χ0v) is 20.3. The second-order valence-corrected chi connectivity index (χ2v) is 8.88. The van der Waals surface area contributed by atoms with Crippen LogP contribution < -0.4 is 9.47 Å². The van der Waals surface area contributed by atoms with Gasteiger partial charge in [-0.3, -0.25) is 9.59 Å². The molecule has 1 amide bonds. The van der Waals surface area contributed by atoms with Crippen molar-refractivity contribution in [1.29, 1.82) is 0 Å². The molecule has 1 atom stereocenters. The van der Waals surface area contributed by atoms with Crippen molar-refractivity contribution in [3.8, 4) is 11.5 Å². The molecule has 0 radical (unpaired) electrons. The van der Waals surface area contributed by atoms with Crippen LogP contribution in [0.1, 0.15) is 28.5 Å². The third kappa shape index (κ3) is 5.24. The standard InChI is InChI=1S/C25H23ClN2O5S/c1-31-21-10-9-17(12-22(21)32-2)20-14-19(23-8-5-11-34-23)27-28(20)24(29)15-33-25(30)13-16-6-3-4-7-18(16)26/h3-12,20H,13-15H2,1-2H3. The Morgan fingerprint density at radius 2 is 1.88 bits per heavy atom. The number of amides is 1. The van der Waals surface area contributed by atoms with Gasteiger partial charge in [0.25, 0.3) is 5.91 Å². The van der Waals surface area contributed by atoms with Crippen LogP contribution in [0.2, 0.25) is 5.02 Å². The Hall–Kier alpha value is -3.36. The van der Waals surface area contributed by atoms with Gasteiger partial charge in [0, 0.05) is 11.4 Å². The number of halogens is 1. The number of thiophene rings is 1. The minimum atomic E-state index is -0.536. The molecule has 0 fully saturated rings. The van der Waals surface area contributed by atoms with E-state index in [9.17, 15) is 9.59 Å². The van der Waals surface area contributed by atoms with Gasteiger partial charge in [0.15, 0.2) is 18.1 Å². The number of carbonyl (C=O) groups is 2. The van der Waals surface area contributed by atoms with Crippen LogP contribution >= 0.6 is 22.9 Å². The molecule has 0 aliphatic carbocycles. The Morgan fingerprint density at radius 1 is 1.09 bits per heavy atom. The lowest BCUT2D eigenvalue weighted by molar-refractivity contribution is -0.152. The molecule has 1 unspecified atom stereocenters. The van der Waals surface area contributed by atoms with Crippen LogP contribution in [0, 0.1) is 0 Å². The van der Waals surface area contributed by atoms with Crippen molar-refractivity contribution >= 4 is 40.5 Å². The van der Waals surface area contributed by atoms with E-state index in [1.807, 2.05) is 29.6 Å². The quantitative estimate of drug-likeness (QED) is 0.413. The molecule has 1 aliphatic rings. The topological polar surface area (TPSA) is 77.4 Å². The number of hydrazone groups is 1. The molecule has 1 aliphatic heterocycles. The molecule has 176 valence electrons. The number of esters is 1. The maximum Gasteiger partial charge on any atom is 0.310 e. The summed E-state index contributed by atoms with van der Waals surface area (Å²) in [4.78, 5) is 26.4. The summed E-state index contributed by atoms with van der Waals surface area (Å²) < 4.78 is 16.0. The molecule has 9 heteroatoms. The number of rotatable bonds is 8. The molecule has 0 saturated heterocycles. The molecule has 34 heavy (non-hydrogen) atoms. The lowest BCUT2D eigenvalue weighted by Crippen LogP contribution is -2.31. The van der Waals surface area contributed by atoms with Crippen molar-refractivity contribution in [1.82, 2.24) is 5.01 Å². The molecule has 1 aromatic heterocycles. The zero-order valence-electron chi connectivity index (χ0n) is 18.7. The van der Waals surface area contributed by atoms with Crippen LogP contribution in [0.4, 0.5) is 0 Å². The summed E-state index contributed by atoms with van der Waals surface area (Å²) in [6.07, 6.45) is 0.505. The number of nitrogens with zero attached hydrogens (tertiary/aromatic N) is 2. The maximum absolute atomic E-state index is 13.1. The summed E-state index contributed by atoms with van der Waals surface area (Å²) in [7, 11) is 3.13. The van der Waals surface area contributed by atoms with Crippen molar-refractivity contribution in [2.24, 2.45) is 5.10 Å². The highest BCUT2D eigenvalue weighted by molar-refractivity contribution is 7.12. The minimum Gasteiger partial charge on any atom is -0.493 e. The first-order chi connectivity index (χ1) is 16.5. The van der Waals surface area contributed by atoms with Crippen molar-refractivity contribution in [3.05, 3.63) is 81.0 Å². The van der Waals surface area contributed by atoms with E-state index in [0.29, 0.717) is 28.5 Å². The third-order valence-corrected chi connectivity index (χ3v) is 6.70. The number of hydrogen-bond acceptors (Lipinski definition) is 7. The van der Waals surface area contributed by atoms with E-state index in [1.54, 1.807) is 55.9 Å². The molecular formula is C25H23ClN2O5S. The third-order valence-electron chi connectivity index (χ3n) is 5.41. The van der Waals surface area contributed by atoms with Crippen LogP contribution in [0.25, 0.3) is 0 Å². The van der Waals surface area contributed by atoms with Crippen LogP contribution in [-0.2, 0) is 20.7 Å². The largest absolute Gasteiger partial charge is 0.493 e. The molecule has 0 spiro atoms. The van der Waals surface area contributed by atoms with E-state index < -0.39 is 18.5 Å². The fourth-order valence-electron chi connectivity index (χ4n) is 3.71. The summed E-state index contributed by atoms with van der Waals surface area (Å²) >= 11 is 7.67. The van der Waals surface area contributed by atoms with E-state index in [1.165, 1.54) is 5.01 Å². The Morgan fingerprint density at radius 3 is 2.59 bits per heavy atom. The average molecular weight is 499 g/mol. The molecule has 7 nitrogen and oxygen atoms in total. The van der Waals surface area contributed by atoms with Crippen molar-refractivity contribution in [2.45, 2.75) is 18.9 Å². The summed E-state index contributed by atoms with van der Waals surface area (Å²) in [6, 6.07) is 16.1. The van der Waals surface area contributed by atoms with Crippen molar-refractivity contribution < 1.29 is 23.8 Å². The van der Waals surface area contributed by atoms with Crippen molar-refractivity contribution in [3.63, 3.8) is 0 Å². The highest BCUT2D eigenvalue weighted by Crippen LogP contribution is 2.37. The second kappa shape index (κ2) is 10.7. The fraction of sp³-hybridized carbons (Fsp3) is 0.240. The van der Waals surface area contributed by atoms with Gasteiger partial charge in [0.1, 0.15) is 0 Å². The van der Waals surface area contributed by atoms with Gasteiger partial charge >= 0.3 is 5.97 Å². The number of benzene rings is 2. The van der Waals surface area contributed by atoms with Gasteiger partial charge in [0.2, 0.25) is 0 Å². The summed E-state index contributed by atoms with van der Waals surface area (Å²) in [5.74, 6) is 0.197. The summed E-state index contributed by atoms with van der Waals surface area (Å²) in [5, 5.41) is 8.42. The van der Waals surface area contributed by atoms with Gasteiger partial charge in [-0.15, -0.1) is 11.3 Å². The van der Waals surface area contributed by atoms with Crippen LogP contribution in [-0.4, -0.2) is 43.4 Å². The molecule has 0 N–H and O–H groups in total. The Kier molecular flexibility index (Phi) is 7.49. The Balaban J connectivity index is 1.51. The number of ether oxygens (including phenoxy) is 3. The van der Waals surface area contributed by atoms with Crippen LogP contribution in [0.5, 0.6) is 11.5 Å². The highest BCUT2D eigenvalue weighted by atomic mass is 35.5. The lowest BCUT2D eigenvalue weighted by Gasteiger charge is -2.22. The van der Waals surface area contributed by atoms with E-state index >= 15 is 0 Å². The van der Waals surface area contributed by atoms with Gasteiger partial charge in [0.05, 0.1) is 37.3 Å². The average Bonchev–Trinajstić information content (AvgIpc) is 3.54. The number of hydrogen-bond donors (Lipinski definition) is 0. The predicted octanol–water partition coefficient (Wildman–Crippen LogP) is 4.88. The second-order valence-electron chi connectivity index (χ2n) is 7.53. The smallest absolute Gasteiger partial charge is 0.310 e.